The van der Waals surface area contributed by atoms with E-state index >= 15 is 0 Å². The molecule has 0 atom stereocenters. The predicted molar refractivity (Wildman–Crippen MR) is 51.9 cm³/mol. The van der Waals surface area contributed by atoms with E-state index in [9.17, 15) is 9.59 Å². The molecule has 0 aliphatic rings. The van der Waals surface area contributed by atoms with Gasteiger partial charge in [0.25, 0.3) is 0 Å². The van der Waals surface area contributed by atoms with Crippen molar-refractivity contribution in [3.63, 3.8) is 0 Å². The Morgan fingerprint density at radius 2 is 1.57 bits per heavy atom. The summed E-state index contributed by atoms with van der Waals surface area (Å²) in [4.78, 5) is 21.4. The molecular weight excluding hydrogens is 184 g/mol. The number of carboxylic acid groups (broad SMARTS) is 1. The van der Waals surface area contributed by atoms with Crippen LogP contribution in [0.4, 0.5) is 0 Å². The van der Waals surface area contributed by atoms with E-state index in [1.54, 1.807) is 13.8 Å². The van der Waals surface area contributed by atoms with Crippen molar-refractivity contribution >= 4 is 11.9 Å². The Morgan fingerprint density at radius 3 is 1.86 bits per heavy atom. The zero-order valence-corrected chi connectivity index (χ0v) is 9.38. The van der Waals surface area contributed by atoms with Crippen molar-refractivity contribution in [3.05, 3.63) is 0 Å². The fraction of sp³-hybridized carbons (Fsp3) is 0.800. The summed E-state index contributed by atoms with van der Waals surface area (Å²) >= 11 is 0. The molecule has 0 bridgehead atoms. The van der Waals surface area contributed by atoms with Crippen LogP contribution in [0.25, 0.3) is 0 Å². The molecule has 1 N–H and O–H groups in total. The van der Waals surface area contributed by atoms with Gasteiger partial charge in [0.15, 0.2) is 0 Å². The predicted octanol–water partition coefficient (Wildman–Crippen LogP) is 1.83. The van der Waals surface area contributed by atoms with Gasteiger partial charge in [-0.15, -0.1) is 0 Å². The van der Waals surface area contributed by atoms with Crippen LogP contribution >= 0.6 is 0 Å². The molecule has 0 aliphatic heterocycles. The molecule has 14 heavy (non-hydrogen) atoms. The zero-order valence-electron chi connectivity index (χ0n) is 9.38. The second kappa shape index (κ2) is 3.98. The van der Waals surface area contributed by atoms with Gasteiger partial charge in [-0.3, -0.25) is 9.59 Å². The third-order valence-electron chi connectivity index (χ3n) is 2.47. The van der Waals surface area contributed by atoms with Crippen molar-refractivity contribution in [2.45, 2.75) is 46.6 Å². The maximum Gasteiger partial charge on any atom is 0.317 e. The molecule has 0 aromatic carbocycles. The summed E-state index contributed by atoms with van der Waals surface area (Å²) in [5.74, 6) is -1.86. The van der Waals surface area contributed by atoms with Crippen LogP contribution in [0.2, 0.25) is 0 Å². The van der Waals surface area contributed by atoms with E-state index in [2.05, 4.69) is 0 Å². The van der Waals surface area contributed by atoms with Gasteiger partial charge in [0.05, 0.1) is 0 Å². The van der Waals surface area contributed by atoms with Gasteiger partial charge in [-0.05, 0) is 13.8 Å². The number of esters is 1. The van der Waals surface area contributed by atoms with Gasteiger partial charge in [0.1, 0.15) is 12.0 Å². The Morgan fingerprint density at radius 1 is 1.14 bits per heavy atom. The van der Waals surface area contributed by atoms with E-state index in [-0.39, 0.29) is 5.41 Å². The Kier molecular flexibility index (Phi) is 3.68. The SMILES string of the molecule is CC(C)(C)C(C)(C)OC(=O)CC(=O)O. The second-order valence-electron chi connectivity index (χ2n) is 4.80. The maximum atomic E-state index is 11.1. The first-order valence-corrected chi connectivity index (χ1v) is 4.50. The first-order valence-electron chi connectivity index (χ1n) is 4.50. The molecular formula is C10H18O4. The summed E-state index contributed by atoms with van der Waals surface area (Å²) in [5, 5.41) is 8.38. The molecule has 0 aromatic rings. The standard InChI is InChI=1S/C10H18O4/c1-9(2,3)10(4,5)14-8(13)6-7(11)12/h6H2,1-5H3,(H,11,12). The van der Waals surface area contributed by atoms with Gasteiger partial charge >= 0.3 is 11.9 Å². The number of carbonyl (C=O) groups excluding carboxylic acids is 1. The van der Waals surface area contributed by atoms with Crippen molar-refractivity contribution in [1.29, 1.82) is 0 Å². The largest absolute Gasteiger partial charge is 0.481 e. The van der Waals surface area contributed by atoms with Crippen LogP contribution in [0.3, 0.4) is 0 Å². The van der Waals surface area contributed by atoms with Gasteiger partial charge in [0.2, 0.25) is 0 Å². The fourth-order valence-electron chi connectivity index (χ4n) is 0.597. The number of aliphatic carboxylic acids is 1. The van der Waals surface area contributed by atoms with Crippen LogP contribution in [0.5, 0.6) is 0 Å². The lowest BCUT2D eigenvalue weighted by Crippen LogP contribution is -2.41. The summed E-state index contributed by atoms with van der Waals surface area (Å²) < 4.78 is 5.09. The van der Waals surface area contributed by atoms with E-state index in [1.165, 1.54) is 0 Å². The summed E-state index contributed by atoms with van der Waals surface area (Å²) in [6, 6.07) is 0. The average Bonchev–Trinajstić information content (AvgIpc) is 1.79. The normalized spacial score (nSPS) is 12.4. The molecule has 0 amide bonds. The minimum atomic E-state index is -1.17. The molecule has 0 unspecified atom stereocenters. The van der Waals surface area contributed by atoms with Crippen molar-refractivity contribution in [2.75, 3.05) is 0 Å². The summed E-state index contributed by atoms with van der Waals surface area (Å²) in [6.07, 6.45) is -0.584. The Labute approximate surface area is 84.3 Å². The van der Waals surface area contributed by atoms with E-state index < -0.39 is 24.0 Å². The lowest BCUT2D eigenvalue weighted by molar-refractivity contribution is -0.170. The number of rotatable bonds is 3. The van der Waals surface area contributed by atoms with Crippen LogP contribution in [-0.2, 0) is 14.3 Å². The molecule has 0 aromatic heterocycles. The molecule has 0 radical (unpaired) electrons. The maximum absolute atomic E-state index is 11.1. The molecule has 0 saturated carbocycles. The van der Waals surface area contributed by atoms with Crippen LogP contribution < -0.4 is 0 Å². The number of carbonyl (C=O) groups is 2. The van der Waals surface area contributed by atoms with E-state index in [4.69, 9.17) is 9.84 Å². The Hall–Kier alpha value is -1.06. The van der Waals surface area contributed by atoms with Gasteiger partial charge in [-0.2, -0.15) is 0 Å². The van der Waals surface area contributed by atoms with E-state index in [0.717, 1.165) is 0 Å². The van der Waals surface area contributed by atoms with E-state index in [1.807, 2.05) is 20.8 Å². The molecule has 4 nitrogen and oxygen atoms in total. The molecule has 4 heteroatoms. The van der Waals surface area contributed by atoms with Crippen molar-refractivity contribution in [3.8, 4) is 0 Å². The van der Waals surface area contributed by atoms with Crippen LogP contribution in [0.15, 0.2) is 0 Å². The number of hydrogen-bond acceptors (Lipinski definition) is 3. The second-order valence-corrected chi connectivity index (χ2v) is 4.80. The minimum absolute atomic E-state index is 0.221. The Bertz CT molecular complexity index is 235. The fourth-order valence-corrected chi connectivity index (χ4v) is 0.597. The lowest BCUT2D eigenvalue weighted by Gasteiger charge is -2.37. The molecule has 82 valence electrons. The molecule has 0 spiro atoms. The number of carboxylic acids is 1. The number of hydrogen-bond donors (Lipinski definition) is 1. The van der Waals surface area contributed by atoms with Gasteiger partial charge in [-0.1, -0.05) is 20.8 Å². The summed E-state index contributed by atoms with van der Waals surface area (Å²) in [7, 11) is 0. The monoisotopic (exact) mass is 202 g/mol. The highest BCUT2D eigenvalue weighted by Gasteiger charge is 2.36. The van der Waals surface area contributed by atoms with Crippen LogP contribution in [0.1, 0.15) is 41.0 Å². The topological polar surface area (TPSA) is 63.6 Å². The third-order valence-corrected chi connectivity index (χ3v) is 2.47. The zero-order chi connectivity index (χ0) is 11.6. The smallest absolute Gasteiger partial charge is 0.317 e. The molecule has 0 heterocycles. The molecule has 0 rings (SSSR count). The average molecular weight is 202 g/mol. The summed E-state index contributed by atoms with van der Waals surface area (Å²) in [6.45, 7) is 9.34. The van der Waals surface area contributed by atoms with Crippen molar-refractivity contribution < 1.29 is 19.4 Å². The molecule has 0 fully saturated rings. The minimum Gasteiger partial charge on any atom is -0.481 e. The number of ether oxygens (including phenoxy) is 1. The first-order chi connectivity index (χ1) is 6.06. The van der Waals surface area contributed by atoms with Crippen LogP contribution in [0, 0.1) is 5.41 Å². The quantitative estimate of drug-likeness (QED) is 0.560. The molecule has 0 aliphatic carbocycles. The van der Waals surface area contributed by atoms with E-state index in [0.29, 0.717) is 0 Å². The lowest BCUT2D eigenvalue weighted by atomic mass is 9.79. The van der Waals surface area contributed by atoms with Crippen molar-refractivity contribution in [1.82, 2.24) is 0 Å². The van der Waals surface area contributed by atoms with Gasteiger partial charge in [-0.25, -0.2) is 0 Å². The highest BCUT2D eigenvalue weighted by atomic mass is 16.6. The first kappa shape index (κ1) is 12.9. The van der Waals surface area contributed by atoms with Crippen molar-refractivity contribution in [2.24, 2.45) is 5.41 Å². The third kappa shape index (κ3) is 3.77. The van der Waals surface area contributed by atoms with Gasteiger partial charge in [0, 0.05) is 5.41 Å². The highest BCUT2D eigenvalue weighted by molar-refractivity contribution is 5.90. The van der Waals surface area contributed by atoms with Gasteiger partial charge < -0.3 is 9.84 Å². The highest BCUT2D eigenvalue weighted by Crippen LogP contribution is 2.33. The van der Waals surface area contributed by atoms with Crippen LogP contribution in [-0.4, -0.2) is 22.6 Å². The summed E-state index contributed by atoms with van der Waals surface area (Å²) in [5.41, 5.74) is -0.888. The molecule has 0 saturated heterocycles. The Balaban J connectivity index is 4.37.